The molecule has 2 aromatic carbocycles. The summed E-state index contributed by atoms with van der Waals surface area (Å²) in [5.74, 6) is -1.42. The summed E-state index contributed by atoms with van der Waals surface area (Å²) < 4.78 is 0. The van der Waals surface area contributed by atoms with E-state index in [0.29, 0.717) is 28.7 Å². The molecule has 4 nitrogen and oxygen atoms in total. The summed E-state index contributed by atoms with van der Waals surface area (Å²) in [4.78, 5) is 10.9. The van der Waals surface area contributed by atoms with E-state index in [-0.39, 0.29) is 11.3 Å². The van der Waals surface area contributed by atoms with E-state index in [4.69, 9.17) is 28.3 Å². The van der Waals surface area contributed by atoms with Gasteiger partial charge in [-0.15, -0.1) is 0 Å². The third-order valence-electron chi connectivity index (χ3n) is 2.95. The zero-order valence-corrected chi connectivity index (χ0v) is 12.4. The minimum Gasteiger partial charge on any atom is -0.507 e. The van der Waals surface area contributed by atoms with Crippen molar-refractivity contribution >= 4 is 34.9 Å². The van der Waals surface area contributed by atoms with E-state index in [1.165, 1.54) is 12.1 Å². The van der Waals surface area contributed by atoms with Crippen molar-refractivity contribution in [2.45, 2.75) is 6.42 Å². The Morgan fingerprint density at radius 1 is 1.10 bits per heavy atom. The lowest BCUT2D eigenvalue weighted by Gasteiger charge is -2.09. The zero-order chi connectivity index (χ0) is 15.4. The number of hydrogen-bond donors (Lipinski definition) is 3. The van der Waals surface area contributed by atoms with Gasteiger partial charge in [0.1, 0.15) is 11.3 Å². The molecule has 0 atom stereocenters. The first kappa shape index (κ1) is 15.5. The maximum atomic E-state index is 10.9. The van der Waals surface area contributed by atoms with Crippen molar-refractivity contribution in [1.29, 1.82) is 0 Å². The van der Waals surface area contributed by atoms with E-state index in [1.54, 1.807) is 18.2 Å². The molecule has 0 bridgehead atoms. The molecule has 0 saturated carbocycles. The molecule has 3 N–H and O–H groups in total. The van der Waals surface area contributed by atoms with Gasteiger partial charge in [0.05, 0.1) is 10.0 Å². The smallest absolute Gasteiger partial charge is 0.339 e. The highest BCUT2D eigenvalue weighted by Gasteiger charge is 2.09. The lowest BCUT2D eigenvalue weighted by molar-refractivity contribution is 0.0694. The highest BCUT2D eigenvalue weighted by atomic mass is 35.5. The Balaban J connectivity index is 1.98. The van der Waals surface area contributed by atoms with Crippen molar-refractivity contribution in [3.05, 3.63) is 57.6 Å². The minimum atomic E-state index is -1.17. The number of rotatable bonds is 5. The quantitative estimate of drug-likeness (QED) is 0.725. The Labute approximate surface area is 131 Å². The SMILES string of the molecule is O=C(O)c1cc(NCCc2ccc(Cl)c(Cl)c2)ccc1O. The Morgan fingerprint density at radius 3 is 2.52 bits per heavy atom. The van der Waals surface area contributed by atoms with Crippen LogP contribution in [-0.2, 0) is 6.42 Å². The summed E-state index contributed by atoms with van der Waals surface area (Å²) in [6.07, 6.45) is 0.709. The van der Waals surface area contributed by atoms with Crippen LogP contribution in [0.25, 0.3) is 0 Å². The average Bonchev–Trinajstić information content (AvgIpc) is 2.44. The molecule has 2 aromatic rings. The van der Waals surface area contributed by atoms with Crippen molar-refractivity contribution in [3.63, 3.8) is 0 Å². The third kappa shape index (κ3) is 4.03. The molecular weight excluding hydrogens is 313 g/mol. The molecule has 0 unspecified atom stereocenters. The number of carbonyl (C=O) groups is 1. The highest BCUT2D eigenvalue weighted by molar-refractivity contribution is 6.42. The molecule has 0 amide bonds. The van der Waals surface area contributed by atoms with E-state index in [9.17, 15) is 9.90 Å². The van der Waals surface area contributed by atoms with Crippen LogP contribution in [0.4, 0.5) is 5.69 Å². The number of benzene rings is 2. The van der Waals surface area contributed by atoms with Crippen LogP contribution >= 0.6 is 23.2 Å². The van der Waals surface area contributed by atoms with E-state index in [1.807, 2.05) is 6.07 Å². The Bertz CT molecular complexity index is 674. The van der Waals surface area contributed by atoms with Gasteiger partial charge in [-0.1, -0.05) is 29.3 Å². The molecule has 2 rings (SSSR count). The number of halogens is 2. The van der Waals surface area contributed by atoms with Crippen LogP contribution in [0, 0.1) is 0 Å². The van der Waals surface area contributed by atoms with Gasteiger partial charge in [0.2, 0.25) is 0 Å². The van der Waals surface area contributed by atoms with Crippen LogP contribution in [-0.4, -0.2) is 22.7 Å². The second kappa shape index (κ2) is 6.70. The Morgan fingerprint density at radius 2 is 1.86 bits per heavy atom. The largest absolute Gasteiger partial charge is 0.507 e. The second-order valence-electron chi connectivity index (χ2n) is 4.46. The first-order valence-electron chi connectivity index (χ1n) is 6.21. The number of nitrogens with one attached hydrogen (secondary N) is 1. The van der Waals surface area contributed by atoms with E-state index < -0.39 is 5.97 Å². The van der Waals surface area contributed by atoms with Crippen molar-refractivity contribution < 1.29 is 15.0 Å². The summed E-state index contributed by atoms with van der Waals surface area (Å²) >= 11 is 11.8. The molecule has 0 radical (unpaired) electrons. The van der Waals surface area contributed by atoms with Gasteiger partial charge in [0.15, 0.2) is 0 Å². The second-order valence-corrected chi connectivity index (χ2v) is 5.28. The maximum absolute atomic E-state index is 10.9. The van der Waals surface area contributed by atoms with Gasteiger partial charge >= 0.3 is 5.97 Å². The average molecular weight is 326 g/mol. The number of aromatic hydroxyl groups is 1. The molecule has 0 fully saturated rings. The molecule has 0 aliphatic rings. The molecule has 110 valence electrons. The summed E-state index contributed by atoms with van der Waals surface area (Å²) in [7, 11) is 0. The monoisotopic (exact) mass is 325 g/mol. The van der Waals surface area contributed by atoms with E-state index in [2.05, 4.69) is 5.32 Å². The highest BCUT2D eigenvalue weighted by Crippen LogP contribution is 2.23. The normalized spacial score (nSPS) is 10.4. The number of aromatic carboxylic acids is 1. The van der Waals surface area contributed by atoms with Gasteiger partial charge in [-0.3, -0.25) is 0 Å². The molecular formula is C15H13Cl2NO3. The predicted molar refractivity (Wildman–Crippen MR) is 83.7 cm³/mol. The summed E-state index contributed by atoms with van der Waals surface area (Å²) in [5, 5.41) is 22.5. The fourth-order valence-corrected chi connectivity index (χ4v) is 2.18. The number of hydrogen-bond acceptors (Lipinski definition) is 3. The molecule has 0 aliphatic heterocycles. The van der Waals surface area contributed by atoms with Crippen molar-refractivity contribution in [2.24, 2.45) is 0 Å². The first-order chi connectivity index (χ1) is 9.97. The molecule has 0 aromatic heterocycles. The standard InChI is InChI=1S/C15H13Cl2NO3/c16-12-3-1-9(7-13(12)17)5-6-18-10-2-4-14(19)11(8-10)15(20)21/h1-4,7-8,18-19H,5-6H2,(H,20,21). The molecule has 0 heterocycles. The van der Waals surface area contributed by atoms with Crippen LogP contribution in [0.3, 0.4) is 0 Å². The number of anilines is 1. The zero-order valence-electron chi connectivity index (χ0n) is 10.9. The topological polar surface area (TPSA) is 69.6 Å². The van der Waals surface area contributed by atoms with Crippen molar-refractivity contribution in [1.82, 2.24) is 0 Å². The predicted octanol–water partition coefficient (Wildman–Crippen LogP) is 4.05. The summed E-state index contributed by atoms with van der Waals surface area (Å²) in [6, 6.07) is 9.79. The van der Waals surface area contributed by atoms with Crippen molar-refractivity contribution in [3.8, 4) is 5.75 Å². The molecule has 6 heteroatoms. The van der Waals surface area contributed by atoms with E-state index in [0.717, 1.165) is 5.56 Å². The summed E-state index contributed by atoms with van der Waals surface area (Å²) in [6.45, 7) is 0.599. The van der Waals surface area contributed by atoms with Crippen LogP contribution < -0.4 is 5.32 Å². The van der Waals surface area contributed by atoms with Gasteiger partial charge < -0.3 is 15.5 Å². The Kier molecular flexibility index (Phi) is 4.94. The maximum Gasteiger partial charge on any atom is 0.339 e. The van der Waals surface area contributed by atoms with Crippen LogP contribution in [0.5, 0.6) is 5.75 Å². The minimum absolute atomic E-state index is 0.130. The first-order valence-corrected chi connectivity index (χ1v) is 6.97. The molecule has 0 saturated heterocycles. The lowest BCUT2D eigenvalue weighted by atomic mass is 10.1. The van der Waals surface area contributed by atoms with Crippen LogP contribution in [0.1, 0.15) is 15.9 Å². The Hall–Kier alpha value is -1.91. The third-order valence-corrected chi connectivity index (χ3v) is 3.69. The molecule has 0 aliphatic carbocycles. The van der Waals surface area contributed by atoms with Gasteiger partial charge in [-0.2, -0.15) is 0 Å². The molecule has 21 heavy (non-hydrogen) atoms. The molecule has 0 spiro atoms. The van der Waals surface area contributed by atoms with Crippen LogP contribution in [0.15, 0.2) is 36.4 Å². The van der Waals surface area contributed by atoms with Crippen molar-refractivity contribution in [2.75, 3.05) is 11.9 Å². The fourth-order valence-electron chi connectivity index (χ4n) is 1.86. The number of phenols is 1. The van der Waals surface area contributed by atoms with E-state index >= 15 is 0 Å². The lowest BCUT2D eigenvalue weighted by Crippen LogP contribution is -2.06. The van der Waals surface area contributed by atoms with Gasteiger partial charge in [-0.25, -0.2) is 4.79 Å². The van der Waals surface area contributed by atoms with Gasteiger partial charge in [-0.05, 0) is 42.3 Å². The summed E-state index contributed by atoms with van der Waals surface area (Å²) in [5.41, 5.74) is 1.52. The number of carboxylic acids is 1. The number of carboxylic acid groups (broad SMARTS) is 1. The van der Waals surface area contributed by atoms with Gasteiger partial charge in [0.25, 0.3) is 0 Å². The van der Waals surface area contributed by atoms with Gasteiger partial charge in [0, 0.05) is 12.2 Å². The fraction of sp³-hybridized carbons (Fsp3) is 0.133. The van der Waals surface area contributed by atoms with Crippen LogP contribution in [0.2, 0.25) is 10.0 Å².